The third-order valence-electron chi connectivity index (χ3n) is 5.47. The number of benzene rings is 1. The summed E-state index contributed by atoms with van der Waals surface area (Å²) in [5.41, 5.74) is 6.56. The standard InChI is InChI=1S/C23H38S/c1-17-18(16-24-20-12-10-8-9-11-13-20)14-19(22(2,3)4)15-21(17)23(5,6)7/h14-15,20H,8-13,16H2,1-7H3. The molecule has 0 spiro atoms. The molecule has 0 aliphatic heterocycles. The first-order chi connectivity index (χ1) is 11.1. The van der Waals surface area contributed by atoms with Gasteiger partial charge in [0.1, 0.15) is 0 Å². The predicted octanol–water partition coefficient (Wildman–Crippen LogP) is 7.55. The van der Waals surface area contributed by atoms with E-state index in [9.17, 15) is 0 Å². The van der Waals surface area contributed by atoms with Gasteiger partial charge in [-0.3, -0.25) is 0 Å². The fourth-order valence-electron chi connectivity index (χ4n) is 3.75. The van der Waals surface area contributed by atoms with Gasteiger partial charge in [-0.2, -0.15) is 11.8 Å². The Balaban J connectivity index is 2.27. The monoisotopic (exact) mass is 346 g/mol. The van der Waals surface area contributed by atoms with E-state index in [1.54, 1.807) is 5.56 Å². The first-order valence-electron chi connectivity index (χ1n) is 9.85. The number of hydrogen-bond acceptors (Lipinski definition) is 1. The summed E-state index contributed by atoms with van der Waals surface area (Å²) in [6.45, 7) is 16.4. The van der Waals surface area contributed by atoms with E-state index >= 15 is 0 Å². The average Bonchev–Trinajstić information content (AvgIpc) is 2.72. The van der Waals surface area contributed by atoms with Crippen molar-refractivity contribution in [2.75, 3.05) is 0 Å². The smallest absolute Gasteiger partial charge is 0.0190 e. The van der Waals surface area contributed by atoms with Crippen LogP contribution in [0.15, 0.2) is 12.1 Å². The maximum Gasteiger partial charge on any atom is 0.0190 e. The lowest BCUT2D eigenvalue weighted by Gasteiger charge is -2.29. The van der Waals surface area contributed by atoms with E-state index in [1.165, 1.54) is 61.0 Å². The lowest BCUT2D eigenvalue weighted by molar-refractivity contribution is 0.564. The molecule has 0 amide bonds. The summed E-state index contributed by atoms with van der Waals surface area (Å²) in [6.07, 6.45) is 8.62. The fourth-order valence-corrected chi connectivity index (χ4v) is 5.13. The van der Waals surface area contributed by atoms with Crippen molar-refractivity contribution in [1.82, 2.24) is 0 Å². The normalized spacial score (nSPS) is 17.8. The molecule has 0 N–H and O–H groups in total. The molecule has 1 aliphatic carbocycles. The first-order valence-corrected chi connectivity index (χ1v) is 10.9. The Hall–Kier alpha value is -0.430. The zero-order valence-corrected chi connectivity index (χ0v) is 17.9. The van der Waals surface area contributed by atoms with Crippen molar-refractivity contribution in [3.8, 4) is 0 Å². The Morgan fingerprint density at radius 2 is 1.46 bits per heavy atom. The second-order valence-corrected chi connectivity index (χ2v) is 11.0. The molecule has 1 saturated carbocycles. The summed E-state index contributed by atoms with van der Waals surface area (Å²) < 4.78 is 0. The maximum atomic E-state index is 2.49. The molecule has 0 unspecified atom stereocenters. The average molecular weight is 347 g/mol. The van der Waals surface area contributed by atoms with Crippen LogP contribution in [0.25, 0.3) is 0 Å². The predicted molar refractivity (Wildman–Crippen MR) is 111 cm³/mol. The van der Waals surface area contributed by atoms with E-state index in [4.69, 9.17) is 0 Å². The summed E-state index contributed by atoms with van der Waals surface area (Å²) >= 11 is 2.22. The minimum Gasteiger partial charge on any atom is -0.154 e. The quantitative estimate of drug-likeness (QED) is 0.509. The van der Waals surface area contributed by atoms with E-state index in [0.29, 0.717) is 0 Å². The Labute approximate surface area is 155 Å². The molecule has 0 saturated heterocycles. The van der Waals surface area contributed by atoms with Crippen molar-refractivity contribution in [1.29, 1.82) is 0 Å². The molecular weight excluding hydrogens is 308 g/mol. The highest BCUT2D eigenvalue weighted by Gasteiger charge is 2.23. The van der Waals surface area contributed by atoms with E-state index in [1.807, 2.05) is 0 Å². The molecule has 0 heterocycles. The van der Waals surface area contributed by atoms with Crippen LogP contribution in [0, 0.1) is 6.92 Å². The molecule has 1 aromatic carbocycles. The van der Waals surface area contributed by atoms with Gasteiger partial charge in [-0.05, 0) is 52.8 Å². The van der Waals surface area contributed by atoms with Crippen molar-refractivity contribution < 1.29 is 0 Å². The summed E-state index contributed by atoms with van der Waals surface area (Å²) in [5.74, 6) is 1.18. The lowest BCUT2D eigenvalue weighted by atomic mass is 9.77. The summed E-state index contributed by atoms with van der Waals surface area (Å²) in [6, 6.07) is 4.96. The summed E-state index contributed by atoms with van der Waals surface area (Å²) in [7, 11) is 0. The maximum absolute atomic E-state index is 2.49. The van der Waals surface area contributed by atoms with Gasteiger partial charge < -0.3 is 0 Å². The molecule has 1 aromatic rings. The van der Waals surface area contributed by atoms with Crippen LogP contribution in [-0.4, -0.2) is 5.25 Å². The largest absolute Gasteiger partial charge is 0.154 e. The van der Waals surface area contributed by atoms with Gasteiger partial charge in [-0.25, -0.2) is 0 Å². The lowest BCUT2D eigenvalue weighted by Crippen LogP contribution is -2.19. The molecule has 0 bridgehead atoms. The molecular formula is C23H38S. The van der Waals surface area contributed by atoms with Crippen LogP contribution in [0.2, 0.25) is 0 Å². The second kappa shape index (κ2) is 7.85. The van der Waals surface area contributed by atoms with E-state index < -0.39 is 0 Å². The number of rotatable bonds is 3. The Kier molecular flexibility index (Phi) is 6.51. The highest BCUT2D eigenvalue weighted by Crippen LogP contribution is 2.36. The highest BCUT2D eigenvalue weighted by atomic mass is 32.2. The van der Waals surface area contributed by atoms with Gasteiger partial charge in [-0.15, -0.1) is 0 Å². The second-order valence-electron chi connectivity index (χ2n) is 9.73. The highest BCUT2D eigenvalue weighted by molar-refractivity contribution is 7.99. The molecule has 1 aliphatic rings. The van der Waals surface area contributed by atoms with Gasteiger partial charge in [0.25, 0.3) is 0 Å². The van der Waals surface area contributed by atoms with Crippen molar-refractivity contribution in [3.05, 3.63) is 34.4 Å². The topological polar surface area (TPSA) is 0 Å². The van der Waals surface area contributed by atoms with Crippen LogP contribution in [0.5, 0.6) is 0 Å². The molecule has 0 nitrogen and oxygen atoms in total. The third kappa shape index (κ3) is 5.28. The van der Waals surface area contributed by atoms with Gasteiger partial charge in [0.15, 0.2) is 0 Å². The van der Waals surface area contributed by atoms with Crippen molar-refractivity contribution in [2.45, 2.75) is 109 Å². The molecule has 1 heteroatoms. The van der Waals surface area contributed by atoms with Crippen molar-refractivity contribution >= 4 is 11.8 Å². The summed E-state index contributed by atoms with van der Waals surface area (Å²) in [4.78, 5) is 0. The molecule has 136 valence electrons. The molecule has 1 fully saturated rings. The van der Waals surface area contributed by atoms with Gasteiger partial charge >= 0.3 is 0 Å². The molecule has 2 rings (SSSR count). The van der Waals surface area contributed by atoms with Crippen LogP contribution >= 0.6 is 11.8 Å². The molecule has 0 atom stereocenters. The van der Waals surface area contributed by atoms with Crippen LogP contribution in [-0.2, 0) is 16.6 Å². The molecule has 0 radical (unpaired) electrons. The third-order valence-corrected chi connectivity index (χ3v) is 6.89. The number of hydrogen-bond donors (Lipinski definition) is 0. The Bertz CT molecular complexity index is 534. The van der Waals surface area contributed by atoms with Crippen LogP contribution < -0.4 is 0 Å². The minimum absolute atomic E-state index is 0.215. The zero-order valence-electron chi connectivity index (χ0n) is 17.1. The van der Waals surface area contributed by atoms with E-state index in [0.717, 1.165) is 5.25 Å². The van der Waals surface area contributed by atoms with Gasteiger partial charge in [0, 0.05) is 11.0 Å². The van der Waals surface area contributed by atoms with Crippen LogP contribution in [0.3, 0.4) is 0 Å². The molecule has 0 aromatic heterocycles. The summed E-state index contributed by atoms with van der Waals surface area (Å²) in [5, 5.41) is 0.878. The Morgan fingerprint density at radius 1 is 0.875 bits per heavy atom. The first kappa shape index (κ1) is 19.9. The molecule has 24 heavy (non-hydrogen) atoms. The van der Waals surface area contributed by atoms with Crippen molar-refractivity contribution in [3.63, 3.8) is 0 Å². The van der Waals surface area contributed by atoms with Gasteiger partial charge in [0.2, 0.25) is 0 Å². The zero-order chi connectivity index (χ0) is 18.0. The number of thioether (sulfide) groups is 1. The fraction of sp³-hybridized carbons (Fsp3) is 0.739. The van der Waals surface area contributed by atoms with Crippen LogP contribution in [0.1, 0.15) is 102 Å². The van der Waals surface area contributed by atoms with Gasteiger partial charge in [-0.1, -0.05) is 79.4 Å². The Morgan fingerprint density at radius 3 is 1.96 bits per heavy atom. The van der Waals surface area contributed by atoms with Crippen molar-refractivity contribution in [2.24, 2.45) is 0 Å². The SMILES string of the molecule is Cc1c(CSC2CCCCCC2)cc(C(C)(C)C)cc1C(C)(C)C. The van der Waals surface area contributed by atoms with E-state index in [2.05, 4.69) is 72.4 Å². The van der Waals surface area contributed by atoms with E-state index in [-0.39, 0.29) is 10.8 Å². The van der Waals surface area contributed by atoms with Crippen LogP contribution in [0.4, 0.5) is 0 Å². The minimum atomic E-state index is 0.215. The van der Waals surface area contributed by atoms with Gasteiger partial charge in [0.05, 0.1) is 0 Å².